The standard InChI is InChI=1S/C9H8O4/c1-13-8-5-6(9(11)12)3-2-4-7(8)10/h2-5H,1H3,(H,11,12). The SMILES string of the molecule is COc1cc(C(=O)O)cccc1=O. The normalized spacial score (nSPS) is 9.31. The minimum Gasteiger partial charge on any atom is -0.493 e. The number of hydrogen-bond donors (Lipinski definition) is 1. The van der Waals surface area contributed by atoms with Gasteiger partial charge in [-0.05, 0) is 18.2 Å². The van der Waals surface area contributed by atoms with Gasteiger partial charge in [0.1, 0.15) is 0 Å². The molecule has 0 saturated carbocycles. The van der Waals surface area contributed by atoms with E-state index in [2.05, 4.69) is 0 Å². The molecule has 1 aromatic carbocycles. The summed E-state index contributed by atoms with van der Waals surface area (Å²) in [6.07, 6.45) is 0. The molecule has 4 heteroatoms. The van der Waals surface area contributed by atoms with Crippen LogP contribution in [-0.2, 0) is 0 Å². The molecule has 0 aromatic heterocycles. The van der Waals surface area contributed by atoms with Crippen molar-refractivity contribution in [3.8, 4) is 5.75 Å². The lowest BCUT2D eigenvalue weighted by atomic mass is 10.3. The fourth-order valence-electron chi connectivity index (χ4n) is 0.874. The second kappa shape index (κ2) is 3.71. The van der Waals surface area contributed by atoms with Gasteiger partial charge in [0.2, 0.25) is 5.43 Å². The maximum Gasteiger partial charge on any atom is 0.335 e. The summed E-state index contributed by atoms with van der Waals surface area (Å²) < 4.78 is 4.72. The Labute approximate surface area is 74.4 Å². The largest absolute Gasteiger partial charge is 0.493 e. The molecule has 0 heterocycles. The van der Waals surface area contributed by atoms with Crippen molar-refractivity contribution in [2.75, 3.05) is 7.11 Å². The molecule has 0 radical (unpaired) electrons. The van der Waals surface area contributed by atoms with Gasteiger partial charge in [0.05, 0.1) is 12.7 Å². The summed E-state index contributed by atoms with van der Waals surface area (Å²) in [5, 5.41) is 8.65. The van der Waals surface area contributed by atoms with Gasteiger partial charge in [-0.15, -0.1) is 0 Å². The predicted molar refractivity (Wildman–Crippen MR) is 46.2 cm³/mol. The average Bonchev–Trinajstić information content (AvgIpc) is 2.27. The van der Waals surface area contributed by atoms with Crippen LogP contribution in [0.5, 0.6) is 5.75 Å². The number of carboxylic acid groups (broad SMARTS) is 1. The van der Waals surface area contributed by atoms with Crippen molar-refractivity contribution in [2.24, 2.45) is 0 Å². The molecule has 0 saturated heterocycles. The van der Waals surface area contributed by atoms with E-state index in [0.29, 0.717) is 0 Å². The average molecular weight is 180 g/mol. The molecule has 0 unspecified atom stereocenters. The van der Waals surface area contributed by atoms with Crippen LogP contribution in [0.3, 0.4) is 0 Å². The molecule has 0 fully saturated rings. The molecule has 1 rings (SSSR count). The topological polar surface area (TPSA) is 63.6 Å². The van der Waals surface area contributed by atoms with Crippen molar-refractivity contribution in [1.29, 1.82) is 0 Å². The zero-order valence-corrected chi connectivity index (χ0v) is 6.98. The molecule has 4 nitrogen and oxygen atoms in total. The van der Waals surface area contributed by atoms with E-state index < -0.39 is 5.97 Å². The number of carboxylic acids is 1. The Kier molecular flexibility index (Phi) is 2.64. The highest BCUT2D eigenvalue weighted by Crippen LogP contribution is 2.05. The van der Waals surface area contributed by atoms with E-state index in [4.69, 9.17) is 9.84 Å². The fraction of sp³-hybridized carbons (Fsp3) is 0.111. The van der Waals surface area contributed by atoms with Crippen LogP contribution in [0.15, 0.2) is 29.1 Å². The van der Waals surface area contributed by atoms with Crippen molar-refractivity contribution < 1.29 is 14.6 Å². The fourth-order valence-corrected chi connectivity index (χ4v) is 0.874. The third-order valence-electron chi connectivity index (χ3n) is 1.52. The summed E-state index contributed by atoms with van der Waals surface area (Å²) in [7, 11) is 1.32. The van der Waals surface area contributed by atoms with Gasteiger partial charge < -0.3 is 9.84 Å². The van der Waals surface area contributed by atoms with Gasteiger partial charge in [-0.25, -0.2) is 4.79 Å². The Balaban J connectivity index is 3.39. The number of rotatable bonds is 2. The summed E-state index contributed by atoms with van der Waals surface area (Å²) in [5.74, 6) is -1.06. The zero-order chi connectivity index (χ0) is 9.84. The summed E-state index contributed by atoms with van der Waals surface area (Å²) in [5.41, 5.74) is -0.311. The lowest BCUT2D eigenvalue weighted by Crippen LogP contribution is -2.00. The maximum absolute atomic E-state index is 11.1. The van der Waals surface area contributed by atoms with E-state index in [1.807, 2.05) is 0 Å². The van der Waals surface area contributed by atoms with Gasteiger partial charge in [-0.3, -0.25) is 4.79 Å². The van der Waals surface area contributed by atoms with E-state index >= 15 is 0 Å². The van der Waals surface area contributed by atoms with Crippen LogP contribution in [0.4, 0.5) is 0 Å². The van der Waals surface area contributed by atoms with Crippen molar-refractivity contribution >= 4 is 5.97 Å². The number of carbonyl (C=O) groups is 1. The number of ether oxygens (including phenoxy) is 1. The summed E-state index contributed by atoms with van der Waals surface area (Å²) in [6.45, 7) is 0. The van der Waals surface area contributed by atoms with E-state index in [-0.39, 0.29) is 16.7 Å². The molecule has 0 atom stereocenters. The Hall–Kier alpha value is -1.84. The quantitative estimate of drug-likeness (QED) is 0.729. The molecule has 0 aliphatic carbocycles. The Morgan fingerprint density at radius 1 is 1.46 bits per heavy atom. The Morgan fingerprint density at radius 3 is 2.69 bits per heavy atom. The predicted octanol–water partition coefficient (Wildman–Crippen LogP) is 0.754. The molecular formula is C9H8O4. The molecule has 1 N–H and O–H groups in total. The third kappa shape index (κ3) is 2.05. The Bertz CT molecular complexity index is 384. The molecular weight excluding hydrogens is 172 g/mol. The first kappa shape index (κ1) is 9.25. The number of aromatic carboxylic acids is 1. The minimum atomic E-state index is -1.09. The zero-order valence-electron chi connectivity index (χ0n) is 6.98. The smallest absolute Gasteiger partial charge is 0.335 e. The number of hydrogen-bond acceptors (Lipinski definition) is 3. The van der Waals surface area contributed by atoms with E-state index in [0.717, 1.165) is 0 Å². The van der Waals surface area contributed by atoms with Crippen LogP contribution in [0.25, 0.3) is 0 Å². The first-order valence-corrected chi connectivity index (χ1v) is 3.57. The van der Waals surface area contributed by atoms with Gasteiger partial charge in [-0.1, -0.05) is 6.07 Å². The van der Waals surface area contributed by atoms with Crippen molar-refractivity contribution in [2.45, 2.75) is 0 Å². The number of methoxy groups -OCH3 is 1. The van der Waals surface area contributed by atoms with Gasteiger partial charge in [0.15, 0.2) is 5.75 Å². The van der Waals surface area contributed by atoms with Crippen LogP contribution < -0.4 is 10.2 Å². The van der Waals surface area contributed by atoms with Gasteiger partial charge in [0.25, 0.3) is 0 Å². The van der Waals surface area contributed by atoms with E-state index in [9.17, 15) is 9.59 Å². The van der Waals surface area contributed by atoms with Crippen LogP contribution in [0.2, 0.25) is 0 Å². The van der Waals surface area contributed by atoms with Gasteiger partial charge in [0, 0.05) is 0 Å². The van der Waals surface area contributed by atoms with Crippen LogP contribution in [0.1, 0.15) is 10.4 Å². The lowest BCUT2D eigenvalue weighted by molar-refractivity contribution is 0.0696. The van der Waals surface area contributed by atoms with Crippen molar-refractivity contribution in [3.63, 3.8) is 0 Å². The highest BCUT2D eigenvalue weighted by molar-refractivity contribution is 5.87. The highest BCUT2D eigenvalue weighted by Gasteiger charge is 2.03. The molecule has 0 aliphatic rings. The maximum atomic E-state index is 11.1. The van der Waals surface area contributed by atoms with Crippen LogP contribution in [0, 0.1) is 0 Å². The molecule has 0 bridgehead atoms. The van der Waals surface area contributed by atoms with Gasteiger partial charge in [-0.2, -0.15) is 0 Å². The van der Waals surface area contributed by atoms with Gasteiger partial charge >= 0.3 is 5.97 Å². The van der Waals surface area contributed by atoms with E-state index in [1.165, 1.54) is 31.4 Å². The van der Waals surface area contributed by atoms with Crippen LogP contribution in [-0.4, -0.2) is 18.2 Å². The lowest BCUT2D eigenvalue weighted by Gasteiger charge is -1.93. The summed E-state index contributed by atoms with van der Waals surface area (Å²) in [6, 6.07) is 5.18. The minimum absolute atomic E-state index is 0.0268. The first-order chi connectivity index (χ1) is 6.15. The molecule has 0 amide bonds. The molecule has 1 aromatic rings. The highest BCUT2D eigenvalue weighted by atomic mass is 16.5. The summed E-state index contributed by atoms with van der Waals surface area (Å²) in [4.78, 5) is 21.7. The summed E-state index contributed by atoms with van der Waals surface area (Å²) >= 11 is 0. The van der Waals surface area contributed by atoms with Crippen LogP contribution >= 0.6 is 0 Å². The monoisotopic (exact) mass is 180 g/mol. The molecule has 0 spiro atoms. The van der Waals surface area contributed by atoms with Crippen molar-refractivity contribution in [1.82, 2.24) is 0 Å². The Morgan fingerprint density at radius 2 is 2.15 bits per heavy atom. The van der Waals surface area contributed by atoms with Crippen molar-refractivity contribution in [3.05, 3.63) is 40.1 Å². The second-order valence-corrected chi connectivity index (χ2v) is 2.36. The molecule has 68 valence electrons. The molecule has 13 heavy (non-hydrogen) atoms. The van der Waals surface area contributed by atoms with E-state index in [1.54, 1.807) is 0 Å². The second-order valence-electron chi connectivity index (χ2n) is 2.36. The first-order valence-electron chi connectivity index (χ1n) is 3.57. The molecule has 0 aliphatic heterocycles. The third-order valence-corrected chi connectivity index (χ3v) is 1.52.